The van der Waals surface area contributed by atoms with E-state index in [-0.39, 0.29) is 35.5 Å². The number of hydrogen-bond donors (Lipinski definition) is 3. The Hall–Kier alpha value is -2.86. The van der Waals surface area contributed by atoms with Gasteiger partial charge in [0.1, 0.15) is 6.61 Å². The molecule has 32 heavy (non-hydrogen) atoms. The lowest BCUT2D eigenvalue weighted by molar-refractivity contribution is -0.384. The van der Waals surface area contributed by atoms with Gasteiger partial charge in [0.05, 0.1) is 11.0 Å². The molecule has 3 N–H and O–H groups in total. The molecule has 2 atom stereocenters. The number of benzene rings is 1. The Balaban J connectivity index is 1.54. The number of nitrogens with one attached hydrogen (secondary N) is 1. The highest BCUT2D eigenvalue weighted by Crippen LogP contribution is 2.25. The topological polar surface area (TPSA) is 146 Å². The van der Waals surface area contributed by atoms with Crippen LogP contribution in [-0.2, 0) is 16.1 Å². The minimum Gasteiger partial charge on any atom is -0.444 e. The molecule has 2 heterocycles. The first-order chi connectivity index (χ1) is 15.2. The summed E-state index contributed by atoms with van der Waals surface area (Å²) < 4.78 is 5.29. The second-order valence-corrected chi connectivity index (χ2v) is 8.87. The SMILES string of the molecule is CN1C[C@@H](S)C[C@H]1C(=O)N1CCC(N(C(=N)N)C(=O)OCc2ccc([N+](=O)[O-])cc2)CC1. The molecule has 2 amide bonds. The zero-order chi connectivity index (χ0) is 23.4. The second-order valence-electron chi connectivity index (χ2n) is 8.13. The van der Waals surface area contributed by atoms with Crippen molar-refractivity contribution in [3.63, 3.8) is 0 Å². The Bertz CT molecular complexity index is 874. The number of likely N-dealkylation sites (N-methyl/N-ethyl adjacent to an activating group) is 1. The number of thiol groups is 1. The third-order valence-electron chi connectivity index (χ3n) is 5.92. The van der Waals surface area contributed by atoms with Crippen molar-refractivity contribution in [2.45, 2.75) is 43.2 Å². The average Bonchev–Trinajstić information content (AvgIpc) is 3.10. The van der Waals surface area contributed by atoms with Gasteiger partial charge in [-0.3, -0.25) is 25.2 Å². The van der Waals surface area contributed by atoms with E-state index in [2.05, 4.69) is 12.6 Å². The molecule has 174 valence electrons. The van der Waals surface area contributed by atoms with Crippen molar-refractivity contribution in [3.8, 4) is 0 Å². The van der Waals surface area contributed by atoms with Gasteiger partial charge in [-0.1, -0.05) is 0 Å². The van der Waals surface area contributed by atoms with Gasteiger partial charge < -0.3 is 15.4 Å². The summed E-state index contributed by atoms with van der Waals surface area (Å²) in [5.74, 6) is -0.352. The number of nitro groups is 1. The van der Waals surface area contributed by atoms with Crippen molar-refractivity contribution in [1.29, 1.82) is 5.41 Å². The van der Waals surface area contributed by atoms with Crippen LogP contribution in [0.5, 0.6) is 0 Å². The van der Waals surface area contributed by atoms with E-state index in [1.807, 2.05) is 11.9 Å². The highest BCUT2D eigenvalue weighted by atomic mass is 32.1. The van der Waals surface area contributed by atoms with Crippen molar-refractivity contribution < 1.29 is 19.2 Å². The van der Waals surface area contributed by atoms with Gasteiger partial charge in [-0.15, -0.1) is 0 Å². The fourth-order valence-electron chi connectivity index (χ4n) is 4.19. The zero-order valence-corrected chi connectivity index (χ0v) is 18.7. The predicted octanol–water partition coefficient (Wildman–Crippen LogP) is 1.42. The maximum atomic E-state index is 12.9. The lowest BCUT2D eigenvalue weighted by Gasteiger charge is -2.38. The molecule has 0 saturated carbocycles. The molecular weight excluding hydrogens is 436 g/mol. The van der Waals surface area contributed by atoms with Crippen molar-refractivity contribution >= 4 is 36.3 Å². The summed E-state index contributed by atoms with van der Waals surface area (Å²) in [6.07, 6.45) is 0.929. The molecular formula is C20H28N6O5S. The molecule has 12 heteroatoms. The molecule has 0 aromatic heterocycles. The maximum absolute atomic E-state index is 12.9. The quantitative estimate of drug-likeness (QED) is 0.196. The van der Waals surface area contributed by atoms with Crippen LogP contribution in [0.1, 0.15) is 24.8 Å². The monoisotopic (exact) mass is 464 g/mol. The van der Waals surface area contributed by atoms with Crippen LogP contribution < -0.4 is 5.73 Å². The summed E-state index contributed by atoms with van der Waals surface area (Å²) in [5, 5.41) is 18.7. The molecule has 3 rings (SSSR count). The normalized spacial score (nSPS) is 21.9. The molecule has 0 bridgehead atoms. The van der Waals surface area contributed by atoms with Gasteiger partial charge in [0.25, 0.3) is 5.69 Å². The summed E-state index contributed by atoms with van der Waals surface area (Å²) >= 11 is 4.48. The van der Waals surface area contributed by atoms with E-state index in [1.54, 1.807) is 4.90 Å². The van der Waals surface area contributed by atoms with E-state index in [1.165, 1.54) is 24.3 Å². The molecule has 0 radical (unpaired) electrons. The number of piperidine rings is 1. The van der Waals surface area contributed by atoms with E-state index >= 15 is 0 Å². The fraction of sp³-hybridized carbons (Fsp3) is 0.550. The summed E-state index contributed by atoms with van der Waals surface area (Å²) in [6.45, 7) is 1.60. The molecule has 1 aromatic carbocycles. The number of rotatable bonds is 5. The fourth-order valence-corrected chi connectivity index (χ4v) is 4.65. The maximum Gasteiger partial charge on any atom is 0.417 e. The number of amides is 2. The zero-order valence-electron chi connectivity index (χ0n) is 17.8. The van der Waals surface area contributed by atoms with E-state index in [9.17, 15) is 19.7 Å². The number of nitrogens with zero attached hydrogens (tertiary/aromatic N) is 4. The second kappa shape index (κ2) is 10.2. The van der Waals surface area contributed by atoms with Crippen LogP contribution in [0.15, 0.2) is 24.3 Å². The number of nitro benzene ring substituents is 1. The highest BCUT2D eigenvalue weighted by Gasteiger charge is 2.38. The smallest absolute Gasteiger partial charge is 0.417 e. The number of likely N-dealkylation sites (tertiary alicyclic amines) is 2. The number of carbonyl (C=O) groups is 2. The van der Waals surface area contributed by atoms with Crippen molar-refractivity contribution in [2.24, 2.45) is 5.73 Å². The number of carbonyl (C=O) groups excluding carboxylic acids is 2. The third-order valence-corrected chi connectivity index (χ3v) is 6.29. The molecule has 0 aliphatic carbocycles. The van der Waals surface area contributed by atoms with Crippen molar-refractivity contribution in [1.82, 2.24) is 14.7 Å². The van der Waals surface area contributed by atoms with Crippen LogP contribution in [0, 0.1) is 15.5 Å². The predicted molar refractivity (Wildman–Crippen MR) is 120 cm³/mol. The van der Waals surface area contributed by atoms with Crippen LogP contribution in [0.2, 0.25) is 0 Å². The van der Waals surface area contributed by atoms with Crippen LogP contribution in [0.3, 0.4) is 0 Å². The van der Waals surface area contributed by atoms with Gasteiger partial charge in [0, 0.05) is 43.1 Å². The molecule has 0 spiro atoms. The largest absolute Gasteiger partial charge is 0.444 e. The van der Waals surface area contributed by atoms with Gasteiger partial charge in [-0.25, -0.2) is 9.69 Å². The molecule has 2 saturated heterocycles. The molecule has 2 aliphatic heterocycles. The number of ether oxygens (including phenoxy) is 1. The lowest BCUT2D eigenvalue weighted by Crippen LogP contribution is -2.54. The number of nitrogens with two attached hydrogens (primary N) is 1. The summed E-state index contributed by atoms with van der Waals surface area (Å²) in [6, 6.07) is 5.14. The van der Waals surface area contributed by atoms with Crippen LogP contribution in [-0.4, -0.2) is 81.6 Å². The Morgan fingerprint density at radius 1 is 1.31 bits per heavy atom. The lowest BCUT2D eigenvalue weighted by atomic mass is 10.0. The molecule has 11 nitrogen and oxygen atoms in total. The first-order valence-corrected chi connectivity index (χ1v) is 10.9. The highest BCUT2D eigenvalue weighted by molar-refractivity contribution is 7.81. The molecule has 0 unspecified atom stereocenters. The van der Waals surface area contributed by atoms with Gasteiger partial charge in [-0.2, -0.15) is 12.6 Å². The first kappa shape index (κ1) is 23.8. The van der Waals surface area contributed by atoms with Crippen LogP contribution >= 0.6 is 12.6 Å². The standard InChI is InChI=1S/C20H28N6O5S/c1-23-11-16(32)10-17(23)18(27)24-8-6-14(7-9-24)25(19(21)22)20(28)31-12-13-2-4-15(5-3-13)26(29)30/h2-5,14,16-17,32H,6-12H2,1H3,(H3,21,22)/t16-,17-/m0/s1. The number of hydrogen-bond acceptors (Lipinski definition) is 8. The van der Waals surface area contributed by atoms with E-state index in [4.69, 9.17) is 15.9 Å². The minimum atomic E-state index is -0.755. The number of guanidine groups is 1. The minimum absolute atomic E-state index is 0.0552. The summed E-state index contributed by atoms with van der Waals surface area (Å²) in [5.41, 5.74) is 6.18. The van der Waals surface area contributed by atoms with E-state index < -0.39 is 17.0 Å². The Kier molecular flexibility index (Phi) is 7.56. The van der Waals surface area contributed by atoms with Gasteiger partial charge in [0.15, 0.2) is 5.96 Å². The molecule has 2 fully saturated rings. The summed E-state index contributed by atoms with van der Waals surface area (Å²) in [4.78, 5) is 40.6. The van der Waals surface area contributed by atoms with Crippen molar-refractivity contribution in [3.05, 3.63) is 39.9 Å². The van der Waals surface area contributed by atoms with Crippen LogP contribution in [0.25, 0.3) is 0 Å². The van der Waals surface area contributed by atoms with Gasteiger partial charge in [0.2, 0.25) is 5.91 Å². The third kappa shape index (κ3) is 5.49. The Labute approximate surface area is 191 Å². The number of non-ortho nitro benzene ring substituents is 1. The van der Waals surface area contributed by atoms with Gasteiger partial charge in [-0.05, 0) is 44.0 Å². The molecule has 2 aliphatic rings. The van der Waals surface area contributed by atoms with Crippen LogP contribution in [0.4, 0.5) is 10.5 Å². The van der Waals surface area contributed by atoms with E-state index in [0.29, 0.717) is 37.9 Å². The van der Waals surface area contributed by atoms with Crippen molar-refractivity contribution in [2.75, 3.05) is 26.7 Å². The van der Waals surface area contributed by atoms with Gasteiger partial charge >= 0.3 is 6.09 Å². The summed E-state index contributed by atoms with van der Waals surface area (Å²) in [7, 11) is 1.92. The Morgan fingerprint density at radius 2 is 1.94 bits per heavy atom. The van der Waals surface area contributed by atoms with E-state index in [0.717, 1.165) is 11.4 Å². The molecule has 1 aromatic rings. The average molecular weight is 465 g/mol. The Morgan fingerprint density at radius 3 is 2.44 bits per heavy atom. The first-order valence-electron chi connectivity index (χ1n) is 10.4.